The van der Waals surface area contributed by atoms with Gasteiger partial charge in [-0.2, -0.15) is 26.3 Å². The van der Waals surface area contributed by atoms with E-state index in [1.165, 1.54) is 13.2 Å². The van der Waals surface area contributed by atoms with Crippen molar-refractivity contribution in [3.8, 4) is 17.0 Å². The molecule has 0 aliphatic rings. The zero-order chi connectivity index (χ0) is 26.5. The Kier molecular flexibility index (Phi) is 8.33. The summed E-state index contributed by atoms with van der Waals surface area (Å²) in [6, 6.07) is 15.4. The number of nitrogens with two attached hydrogens (primary N) is 1. The zero-order valence-electron chi connectivity index (χ0n) is 19.5. The summed E-state index contributed by atoms with van der Waals surface area (Å²) >= 11 is 0. The molecule has 0 saturated heterocycles. The molecule has 36 heavy (non-hydrogen) atoms. The van der Waals surface area contributed by atoms with Crippen LogP contribution in [-0.2, 0) is 34.3 Å². The molecule has 12 heteroatoms. The first-order chi connectivity index (χ1) is 16.9. The molecule has 1 heterocycles. The predicted octanol–water partition coefficient (Wildman–Crippen LogP) is 3.49. The van der Waals surface area contributed by atoms with Crippen molar-refractivity contribution in [3.63, 3.8) is 0 Å². The molecule has 0 saturated carbocycles. The van der Waals surface area contributed by atoms with E-state index in [2.05, 4.69) is 15.0 Å². The lowest BCUT2D eigenvalue weighted by Gasteiger charge is -2.16. The third-order valence-corrected chi connectivity index (χ3v) is 5.96. The van der Waals surface area contributed by atoms with Crippen molar-refractivity contribution in [2.24, 2.45) is 5.14 Å². The third-order valence-electron chi connectivity index (χ3n) is 5.42. The Hall–Kier alpha value is -3.48. The zero-order valence-corrected chi connectivity index (χ0v) is 20.3. The molecule has 3 aromatic rings. The summed E-state index contributed by atoms with van der Waals surface area (Å²) in [5.74, 6) is -0.465. The number of ether oxygens (including phenoxy) is 1. The van der Waals surface area contributed by atoms with E-state index in [1.807, 2.05) is 0 Å². The van der Waals surface area contributed by atoms with E-state index in [0.717, 1.165) is 6.07 Å². The van der Waals surface area contributed by atoms with Crippen LogP contribution in [0.1, 0.15) is 35.2 Å². The fourth-order valence-electron chi connectivity index (χ4n) is 3.40. The average molecular weight is 523 g/mol. The van der Waals surface area contributed by atoms with Gasteiger partial charge < -0.3 is 10.1 Å². The van der Waals surface area contributed by atoms with Crippen molar-refractivity contribution >= 4 is 16.1 Å². The minimum atomic E-state index is -4.63. The molecule has 1 aromatic heterocycles. The van der Waals surface area contributed by atoms with Crippen LogP contribution in [0.3, 0.4) is 0 Å². The van der Waals surface area contributed by atoms with Gasteiger partial charge in [-0.3, -0.25) is 4.79 Å². The molecular weight excluding hydrogens is 497 g/mol. The lowest BCUT2D eigenvalue weighted by atomic mass is 9.98. The SMILES string of the molecule is COc1cccc(-c2nc(C(F)(F)F)ccc2CNC(=O)C(C)c2ccc(CNS(N)(=O)=O)cc2)c1. The number of nitrogens with zero attached hydrogens (tertiary/aromatic N) is 1. The van der Waals surface area contributed by atoms with E-state index in [0.29, 0.717) is 28.0 Å². The standard InChI is InChI=1S/C24H25F3N4O4S/c1-15(17-8-6-16(7-9-17)13-30-36(28,33)34)23(32)29-14-19-10-11-21(24(25,26)27)31-22(19)18-4-3-5-20(12-18)35-2/h3-12,15,30H,13-14H2,1-2H3,(H,29,32)(H2,28,33,34). The largest absolute Gasteiger partial charge is 0.497 e. The van der Waals surface area contributed by atoms with E-state index in [-0.39, 0.29) is 24.7 Å². The molecule has 0 radical (unpaired) electrons. The van der Waals surface area contributed by atoms with Crippen LogP contribution in [0.2, 0.25) is 0 Å². The number of nitrogens with one attached hydrogen (secondary N) is 2. The Morgan fingerprint density at radius 2 is 1.78 bits per heavy atom. The molecule has 1 atom stereocenters. The summed E-state index contributed by atoms with van der Waals surface area (Å²) in [5, 5.41) is 7.67. The molecule has 0 aliphatic carbocycles. The van der Waals surface area contributed by atoms with Crippen molar-refractivity contribution in [2.45, 2.75) is 32.1 Å². The molecule has 0 bridgehead atoms. The first kappa shape index (κ1) is 27.1. The Morgan fingerprint density at radius 3 is 2.39 bits per heavy atom. The van der Waals surface area contributed by atoms with Gasteiger partial charge in [0, 0.05) is 18.7 Å². The molecule has 0 aliphatic heterocycles. The van der Waals surface area contributed by atoms with Gasteiger partial charge in [-0.25, -0.2) is 10.1 Å². The Bertz CT molecular complexity index is 1330. The number of amides is 1. The molecule has 1 amide bonds. The van der Waals surface area contributed by atoms with Crippen molar-refractivity contribution < 1.29 is 31.1 Å². The first-order valence-electron chi connectivity index (χ1n) is 10.7. The van der Waals surface area contributed by atoms with Crippen molar-refractivity contribution in [3.05, 3.63) is 83.0 Å². The van der Waals surface area contributed by atoms with Gasteiger partial charge in [-0.1, -0.05) is 42.5 Å². The lowest BCUT2D eigenvalue weighted by Crippen LogP contribution is -2.30. The fraction of sp³-hybridized carbons (Fsp3) is 0.250. The monoisotopic (exact) mass is 522 g/mol. The van der Waals surface area contributed by atoms with Gasteiger partial charge in [0.1, 0.15) is 11.4 Å². The molecule has 2 aromatic carbocycles. The highest BCUT2D eigenvalue weighted by Crippen LogP contribution is 2.32. The Morgan fingerprint density at radius 1 is 1.08 bits per heavy atom. The fourth-order valence-corrected chi connectivity index (χ4v) is 3.77. The molecule has 0 fully saturated rings. The first-order valence-corrected chi connectivity index (χ1v) is 12.3. The van der Waals surface area contributed by atoms with Crippen LogP contribution < -0.4 is 19.9 Å². The average Bonchev–Trinajstić information content (AvgIpc) is 2.84. The van der Waals surface area contributed by atoms with E-state index >= 15 is 0 Å². The van der Waals surface area contributed by atoms with Gasteiger partial charge in [0.05, 0.1) is 18.7 Å². The maximum absolute atomic E-state index is 13.3. The van der Waals surface area contributed by atoms with Gasteiger partial charge in [-0.15, -0.1) is 0 Å². The minimum Gasteiger partial charge on any atom is -0.497 e. The van der Waals surface area contributed by atoms with Crippen LogP contribution in [-0.4, -0.2) is 26.4 Å². The van der Waals surface area contributed by atoms with Crippen molar-refractivity contribution in [1.82, 2.24) is 15.0 Å². The van der Waals surface area contributed by atoms with Crippen LogP contribution in [0, 0.1) is 0 Å². The summed E-state index contributed by atoms with van der Waals surface area (Å²) in [6.45, 7) is 1.64. The summed E-state index contributed by atoms with van der Waals surface area (Å²) in [6.07, 6.45) is -4.63. The highest BCUT2D eigenvalue weighted by molar-refractivity contribution is 7.87. The molecule has 1 unspecified atom stereocenters. The van der Waals surface area contributed by atoms with E-state index < -0.39 is 28.0 Å². The van der Waals surface area contributed by atoms with Gasteiger partial charge in [-0.05, 0) is 41.8 Å². The Balaban J connectivity index is 1.77. The number of aromatic nitrogens is 1. The van der Waals surface area contributed by atoms with Crippen LogP contribution >= 0.6 is 0 Å². The molecule has 192 valence electrons. The van der Waals surface area contributed by atoms with Gasteiger partial charge >= 0.3 is 6.18 Å². The highest BCUT2D eigenvalue weighted by atomic mass is 32.2. The summed E-state index contributed by atoms with van der Waals surface area (Å²) in [7, 11) is -2.37. The quantitative estimate of drug-likeness (QED) is 0.397. The number of alkyl halides is 3. The molecule has 4 N–H and O–H groups in total. The van der Waals surface area contributed by atoms with Gasteiger partial charge in [0.2, 0.25) is 5.91 Å². The van der Waals surface area contributed by atoms with Gasteiger partial charge in [0.15, 0.2) is 0 Å². The minimum absolute atomic E-state index is 0.00760. The summed E-state index contributed by atoms with van der Waals surface area (Å²) < 4.78 is 69.3. The second-order valence-electron chi connectivity index (χ2n) is 7.98. The molecule has 0 spiro atoms. The van der Waals surface area contributed by atoms with Crippen molar-refractivity contribution in [2.75, 3.05) is 7.11 Å². The second-order valence-corrected chi connectivity index (χ2v) is 9.36. The normalized spacial score (nSPS) is 12.7. The number of carbonyl (C=O) groups excluding carboxylic acids is 1. The molecule has 8 nitrogen and oxygen atoms in total. The van der Waals surface area contributed by atoms with Crippen LogP contribution in [0.25, 0.3) is 11.3 Å². The number of benzene rings is 2. The molecule has 3 rings (SSSR count). The Labute approximate surface area is 206 Å². The number of pyridine rings is 1. The van der Waals surface area contributed by atoms with Crippen molar-refractivity contribution in [1.29, 1.82) is 0 Å². The number of methoxy groups -OCH3 is 1. The molecular formula is C24H25F3N4O4S. The van der Waals surface area contributed by atoms with E-state index in [4.69, 9.17) is 9.88 Å². The highest BCUT2D eigenvalue weighted by Gasteiger charge is 2.33. The van der Waals surface area contributed by atoms with E-state index in [1.54, 1.807) is 55.5 Å². The maximum Gasteiger partial charge on any atom is 0.433 e. The number of hydrogen-bond acceptors (Lipinski definition) is 5. The summed E-state index contributed by atoms with van der Waals surface area (Å²) in [5.41, 5.74) is 1.19. The van der Waals surface area contributed by atoms with Gasteiger partial charge in [0.25, 0.3) is 10.2 Å². The summed E-state index contributed by atoms with van der Waals surface area (Å²) in [4.78, 5) is 16.6. The number of halogens is 3. The van der Waals surface area contributed by atoms with E-state index in [9.17, 15) is 26.4 Å². The topological polar surface area (TPSA) is 123 Å². The van der Waals surface area contributed by atoms with Crippen LogP contribution in [0.4, 0.5) is 13.2 Å². The predicted molar refractivity (Wildman–Crippen MR) is 128 cm³/mol. The maximum atomic E-state index is 13.3. The number of hydrogen-bond donors (Lipinski definition) is 3. The number of carbonyl (C=O) groups is 1. The van der Waals surface area contributed by atoms with Crippen LogP contribution in [0.5, 0.6) is 5.75 Å². The second kappa shape index (κ2) is 11.1. The smallest absolute Gasteiger partial charge is 0.433 e. The number of rotatable bonds is 9. The lowest BCUT2D eigenvalue weighted by molar-refractivity contribution is -0.141. The third kappa shape index (κ3) is 7.26. The van der Waals surface area contributed by atoms with Crippen LogP contribution in [0.15, 0.2) is 60.7 Å².